The molecule has 1 aromatic heterocycles. The predicted octanol–water partition coefficient (Wildman–Crippen LogP) is 3.99. The molecule has 1 saturated heterocycles. The van der Waals surface area contributed by atoms with Gasteiger partial charge in [-0.25, -0.2) is 4.98 Å². The van der Waals surface area contributed by atoms with Gasteiger partial charge in [-0.2, -0.15) is 0 Å². The zero-order valence-corrected chi connectivity index (χ0v) is 14.9. The highest BCUT2D eigenvalue weighted by molar-refractivity contribution is 7.15. The third-order valence-corrected chi connectivity index (χ3v) is 6.45. The first-order valence-corrected chi connectivity index (χ1v) is 8.97. The molecule has 0 amide bonds. The third-order valence-electron chi connectivity index (χ3n) is 5.16. The first-order valence-electron chi connectivity index (χ1n) is 8.16. The SMILES string of the molecule is CC1(C)Cc2nc(N3CCC(C(C)(C)C)C3)sc2C(N)C1. The molecule has 1 aliphatic heterocycles. The minimum Gasteiger partial charge on any atom is -0.348 e. The topological polar surface area (TPSA) is 42.2 Å². The maximum Gasteiger partial charge on any atom is 0.185 e. The van der Waals surface area contributed by atoms with Gasteiger partial charge in [-0.1, -0.05) is 46.0 Å². The lowest BCUT2D eigenvalue weighted by atomic mass is 9.77. The minimum absolute atomic E-state index is 0.177. The van der Waals surface area contributed by atoms with Gasteiger partial charge < -0.3 is 10.6 Å². The zero-order chi connectivity index (χ0) is 15.4. The third kappa shape index (κ3) is 2.98. The molecule has 2 N–H and O–H groups in total. The summed E-state index contributed by atoms with van der Waals surface area (Å²) >= 11 is 1.84. The zero-order valence-electron chi connectivity index (χ0n) is 14.1. The van der Waals surface area contributed by atoms with Crippen LogP contribution in [0.25, 0.3) is 0 Å². The molecule has 0 radical (unpaired) electrons. The monoisotopic (exact) mass is 307 g/mol. The summed E-state index contributed by atoms with van der Waals surface area (Å²) in [5, 5.41) is 1.21. The van der Waals surface area contributed by atoms with E-state index < -0.39 is 0 Å². The van der Waals surface area contributed by atoms with Gasteiger partial charge in [0.05, 0.1) is 5.69 Å². The molecular weight excluding hydrogens is 278 g/mol. The van der Waals surface area contributed by atoms with Crippen LogP contribution in [0.15, 0.2) is 0 Å². The molecule has 0 spiro atoms. The van der Waals surface area contributed by atoms with E-state index in [1.54, 1.807) is 0 Å². The van der Waals surface area contributed by atoms with Crippen molar-refractivity contribution in [1.82, 2.24) is 4.98 Å². The van der Waals surface area contributed by atoms with E-state index in [0.717, 1.165) is 31.8 Å². The van der Waals surface area contributed by atoms with Crippen LogP contribution in [0, 0.1) is 16.7 Å². The van der Waals surface area contributed by atoms with Crippen LogP contribution in [-0.4, -0.2) is 18.1 Å². The van der Waals surface area contributed by atoms with Crippen molar-refractivity contribution in [3.05, 3.63) is 10.6 Å². The van der Waals surface area contributed by atoms with Gasteiger partial charge in [0.25, 0.3) is 0 Å². The number of anilines is 1. The van der Waals surface area contributed by atoms with Crippen LogP contribution in [0.1, 0.15) is 64.1 Å². The average Bonchev–Trinajstić information content (AvgIpc) is 2.90. The summed E-state index contributed by atoms with van der Waals surface area (Å²) in [5.41, 5.74) is 8.33. The van der Waals surface area contributed by atoms with Crippen molar-refractivity contribution < 1.29 is 0 Å². The molecular formula is C17H29N3S. The van der Waals surface area contributed by atoms with Gasteiger partial charge in [0.1, 0.15) is 0 Å². The molecule has 1 aliphatic carbocycles. The van der Waals surface area contributed by atoms with Crippen LogP contribution in [0.3, 0.4) is 0 Å². The van der Waals surface area contributed by atoms with E-state index in [1.807, 2.05) is 11.3 Å². The number of rotatable bonds is 1. The van der Waals surface area contributed by atoms with Crippen LogP contribution in [-0.2, 0) is 6.42 Å². The summed E-state index contributed by atoms with van der Waals surface area (Å²) in [7, 11) is 0. The Bertz CT molecular complexity index is 527. The lowest BCUT2D eigenvalue weighted by Crippen LogP contribution is -2.28. The Balaban J connectivity index is 1.80. The van der Waals surface area contributed by atoms with E-state index in [2.05, 4.69) is 39.5 Å². The van der Waals surface area contributed by atoms with Crippen molar-refractivity contribution in [1.29, 1.82) is 0 Å². The Kier molecular flexibility index (Phi) is 3.61. The van der Waals surface area contributed by atoms with E-state index in [-0.39, 0.29) is 11.5 Å². The maximum absolute atomic E-state index is 6.38. The van der Waals surface area contributed by atoms with Gasteiger partial charge in [0, 0.05) is 24.0 Å². The van der Waals surface area contributed by atoms with Gasteiger partial charge in [0.2, 0.25) is 0 Å². The number of aromatic nitrogens is 1. The highest BCUT2D eigenvalue weighted by Gasteiger charge is 2.36. The number of hydrogen-bond donors (Lipinski definition) is 1. The summed E-state index contributed by atoms with van der Waals surface area (Å²) in [6.45, 7) is 14.0. The van der Waals surface area contributed by atoms with E-state index >= 15 is 0 Å². The van der Waals surface area contributed by atoms with Crippen molar-refractivity contribution in [2.24, 2.45) is 22.5 Å². The van der Waals surface area contributed by atoms with Crippen LogP contribution in [0.5, 0.6) is 0 Å². The number of hydrogen-bond acceptors (Lipinski definition) is 4. The highest BCUT2D eigenvalue weighted by atomic mass is 32.1. The molecule has 3 nitrogen and oxygen atoms in total. The summed E-state index contributed by atoms with van der Waals surface area (Å²) < 4.78 is 0. The van der Waals surface area contributed by atoms with Crippen molar-refractivity contribution in [2.75, 3.05) is 18.0 Å². The van der Waals surface area contributed by atoms with Gasteiger partial charge >= 0.3 is 0 Å². The van der Waals surface area contributed by atoms with Gasteiger partial charge in [0.15, 0.2) is 5.13 Å². The second-order valence-electron chi connectivity index (χ2n) is 8.76. The van der Waals surface area contributed by atoms with E-state index in [4.69, 9.17) is 10.7 Å². The van der Waals surface area contributed by atoms with Crippen molar-refractivity contribution in [3.63, 3.8) is 0 Å². The van der Waals surface area contributed by atoms with Crippen molar-refractivity contribution in [3.8, 4) is 0 Å². The molecule has 2 unspecified atom stereocenters. The van der Waals surface area contributed by atoms with E-state index in [1.165, 1.54) is 22.1 Å². The minimum atomic E-state index is 0.177. The molecule has 4 heteroatoms. The van der Waals surface area contributed by atoms with E-state index in [9.17, 15) is 0 Å². The second-order valence-corrected chi connectivity index (χ2v) is 9.77. The molecule has 2 atom stereocenters. The molecule has 1 aromatic rings. The Morgan fingerprint density at radius 1 is 1.33 bits per heavy atom. The lowest BCUT2D eigenvalue weighted by Gasteiger charge is -2.32. The average molecular weight is 308 g/mol. The quantitative estimate of drug-likeness (QED) is 0.853. The summed E-state index contributed by atoms with van der Waals surface area (Å²) in [4.78, 5) is 8.78. The number of nitrogens with two attached hydrogens (primary N) is 1. The van der Waals surface area contributed by atoms with Crippen LogP contribution in [0.4, 0.5) is 5.13 Å². The molecule has 21 heavy (non-hydrogen) atoms. The molecule has 2 aliphatic rings. The number of fused-ring (bicyclic) bond motifs is 1. The Labute approximate surface area is 132 Å². The first kappa shape index (κ1) is 15.3. The lowest BCUT2D eigenvalue weighted by molar-refractivity contribution is 0.263. The fourth-order valence-electron chi connectivity index (χ4n) is 3.76. The summed E-state index contributed by atoms with van der Waals surface area (Å²) in [6.07, 6.45) is 3.43. The fraction of sp³-hybridized carbons (Fsp3) is 0.824. The van der Waals surface area contributed by atoms with E-state index in [0.29, 0.717) is 5.41 Å². The molecule has 2 heterocycles. The highest BCUT2D eigenvalue weighted by Crippen LogP contribution is 2.45. The van der Waals surface area contributed by atoms with Gasteiger partial charge in [-0.05, 0) is 36.0 Å². The largest absolute Gasteiger partial charge is 0.348 e. The molecule has 3 rings (SSSR count). The van der Waals surface area contributed by atoms with Crippen LogP contribution < -0.4 is 10.6 Å². The smallest absolute Gasteiger partial charge is 0.185 e. The summed E-state index contributed by atoms with van der Waals surface area (Å²) in [5.74, 6) is 0.767. The predicted molar refractivity (Wildman–Crippen MR) is 90.9 cm³/mol. The molecule has 1 fully saturated rings. The van der Waals surface area contributed by atoms with Crippen LogP contribution >= 0.6 is 11.3 Å². The molecule has 118 valence electrons. The Morgan fingerprint density at radius 2 is 2.05 bits per heavy atom. The summed E-state index contributed by atoms with van der Waals surface area (Å²) in [6, 6.07) is 0.177. The van der Waals surface area contributed by atoms with Crippen molar-refractivity contribution >= 4 is 16.5 Å². The number of nitrogens with zero attached hydrogens (tertiary/aromatic N) is 2. The van der Waals surface area contributed by atoms with Crippen LogP contribution in [0.2, 0.25) is 0 Å². The van der Waals surface area contributed by atoms with Gasteiger partial charge in [-0.15, -0.1) is 0 Å². The maximum atomic E-state index is 6.38. The normalized spacial score (nSPS) is 28.8. The number of thiazole rings is 1. The standard InChI is InChI=1S/C17H29N3S/c1-16(2,3)11-6-7-20(10-11)15-19-13-9-17(4,5)8-12(18)14(13)21-15/h11-12H,6-10,18H2,1-5H3. The van der Waals surface area contributed by atoms with Gasteiger partial charge in [-0.3, -0.25) is 0 Å². The molecule has 0 aromatic carbocycles. The Morgan fingerprint density at radius 3 is 2.67 bits per heavy atom. The fourth-order valence-corrected chi connectivity index (χ4v) is 4.87. The molecule has 0 saturated carbocycles. The second kappa shape index (κ2) is 4.95. The van der Waals surface area contributed by atoms with Crippen molar-refractivity contribution in [2.45, 2.75) is 59.9 Å². The Hall–Kier alpha value is -0.610. The first-order chi connectivity index (χ1) is 9.66. The molecule has 0 bridgehead atoms.